The lowest BCUT2D eigenvalue weighted by atomic mass is 10.1. The van der Waals surface area contributed by atoms with E-state index >= 15 is 0 Å². The number of nitrogens with zero attached hydrogens (tertiary/aromatic N) is 2. The summed E-state index contributed by atoms with van der Waals surface area (Å²) in [6.45, 7) is 5.03. The SMILES string of the molecule is C=C1C(C(=O)NCc2cc(F)cc(Cl)c2)CCN1c1cnc2[nH]ccc2c1. The van der Waals surface area contributed by atoms with Gasteiger partial charge in [-0.15, -0.1) is 0 Å². The molecule has 1 aliphatic heterocycles. The normalized spacial score (nSPS) is 16.9. The number of carbonyl (C=O) groups is 1. The molecule has 7 heteroatoms. The fourth-order valence-corrected chi connectivity index (χ4v) is 3.68. The first-order valence-electron chi connectivity index (χ1n) is 8.63. The maximum atomic E-state index is 13.4. The molecule has 1 amide bonds. The van der Waals surface area contributed by atoms with Crippen molar-refractivity contribution in [1.29, 1.82) is 0 Å². The van der Waals surface area contributed by atoms with Crippen molar-refractivity contribution in [2.24, 2.45) is 5.92 Å². The number of benzene rings is 1. The smallest absolute Gasteiger partial charge is 0.229 e. The van der Waals surface area contributed by atoms with Gasteiger partial charge in [0, 0.05) is 35.4 Å². The van der Waals surface area contributed by atoms with Crippen LogP contribution < -0.4 is 10.2 Å². The van der Waals surface area contributed by atoms with Crippen LogP contribution in [0.5, 0.6) is 0 Å². The maximum absolute atomic E-state index is 13.4. The van der Waals surface area contributed by atoms with E-state index < -0.39 is 5.82 Å². The molecule has 1 aliphatic rings. The zero-order chi connectivity index (χ0) is 19.0. The predicted octanol–water partition coefficient (Wildman–Crippen LogP) is 4.01. The first-order chi connectivity index (χ1) is 13.0. The zero-order valence-electron chi connectivity index (χ0n) is 14.5. The lowest BCUT2D eigenvalue weighted by molar-refractivity contribution is -0.123. The number of rotatable bonds is 4. The van der Waals surface area contributed by atoms with Crippen molar-refractivity contribution in [1.82, 2.24) is 15.3 Å². The van der Waals surface area contributed by atoms with E-state index in [1.165, 1.54) is 12.1 Å². The Morgan fingerprint density at radius 2 is 2.26 bits per heavy atom. The van der Waals surface area contributed by atoms with Crippen LogP contribution in [0, 0.1) is 11.7 Å². The zero-order valence-corrected chi connectivity index (χ0v) is 15.3. The lowest BCUT2D eigenvalue weighted by Gasteiger charge is -2.21. The number of pyridine rings is 1. The van der Waals surface area contributed by atoms with Crippen LogP contribution in [-0.4, -0.2) is 22.4 Å². The molecule has 2 aromatic heterocycles. The molecule has 0 saturated carbocycles. The number of hydrogen-bond donors (Lipinski definition) is 2. The fourth-order valence-electron chi connectivity index (χ4n) is 3.44. The van der Waals surface area contributed by atoms with Gasteiger partial charge >= 0.3 is 0 Å². The predicted molar refractivity (Wildman–Crippen MR) is 104 cm³/mol. The Balaban J connectivity index is 1.43. The third-order valence-corrected chi connectivity index (χ3v) is 5.01. The highest BCUT2D eigenvalue weighted by Gasteiger charge is 2.32. The highest BCUT2D eigenvalue weighted by atomic mass is 35.5. The molecule has 5 nitrogen and oxygen atoms in total. The number of aromatic nitrogens is 2. The average molecular weight is 385 g/mol. The van der Waals surface area contributed by atoms with Gasteiger partial charge in [0.2, 0.25) is 5.91 Å². The standard InChI is InChI=1S/C20H18ClFN4O/c1-12-18(20(27)25-10-13-6-15(21)9-16(22)7-13)3-5-26(12)17-8-14-2-4-23-19(14)24-11-17/h2,4,6-9,11,18H,1,3,5,10H2,(H,23,24)(H,25,27). The van der Waals surface area contributed by atoms with E-state index in [9.17, 15) is 9.18 Å². The van der Waals surface area contributed by atoms with Crippen molar-refractivity contribution >= 4 is 34.2 Å². The van der Waals surface area contributed by atoms with Gasteiger partial charge in [-0.2, -0.15) is 0 Å². The molecule has 1 fully saturated rings. The van der Waals surface area contributed by atoms with Crippen molar-refractivity contribution in [3.63, 3.8) is 0 Å². The molecule has 0 bridgehead atoms. The van der Waals surface area contributed by atoms with Gasteiger partial charge in [-0.3, -0.25) is 4.79 Å². The van der Waals surface area contributed by atoms with Gasteiger partial charge in [0.05, 0.1) is 17.8 Å². The number of nitrogens with one attached hydrogen (secondary N) is 2. The Bertz CT molecular complexity index is 1010. The van der Waals surface area contributed by atoms with Crippen LogP contribution in [-0.2, 0) is 11.3 Å². The van der Waals surface area contributed by atoms with Crippen LogP contribution in [0.2, 0.25) is 5.02 Å². The molecule has 0 spiro atoms. The number of fused-ring (bicyclic) bond motifs is 1. The number of anilines is 1. The first-order valence-corrected chi connectivity index (χ1v) is 9.01. The molecule has 1 unspecified atom stereocenters. The van der Waals surface area contributed by atoms with Gasteiger partial charge in [-0.1, -0.05) is 18.2 Å². The summed E-state index contributed by atoms with van der Waals surface area (Å²) in [6.07, 6.45) is 4.29. The van der Waals surface area contributed by atoms with E-state index in [4.69, 9.17) is 11.6 Å². The van der Waals surface area contributed by atoms with Crippen LogP contribution in [0.1, 0.15) is 12.0 Å². The van der Waals surface area contributed by atoms with Crippen molar-refractivity contribution in [2.75, 3.05) is 11.4 Å². The van der Waals surface area contributed by atoms with E-state index in [1.54, 1.807) is 12.3 Å². The van der Waals surface area contributed by atoms with Crippen molar-refractivity contribution in [2.45, 2.75) is 13.0 Å². The van der Waals surface area contributed by atoms with Crippen LogP contribution in [0.3, 0.4) is 0 Å². The maximum Gasteiger partial charge on any atom is 0.229 e. The molecule has 3 heterocycles. The van der Waals surface area contributed by atoms with Gasteiger partial charge in [-0.05, 0) is 42.3 Å². The highest BCUT2D eigenvalue weighted by molar-refractivity contribution is 6.30. The molecule has 2 N–H and O–H groups in total. The van der Waals surface area contributed by atoms with E-state index in [0.717, 1.165) is 22.4 Å². The van der Waals surface area contributed by atoms with Crippen LogP contribution >= 0.6 is 11.6 Å². The molecule has 1 saturated heterocycles. The van der Waals surface area contributed by atoms with Gasteiger partial charge in [-0.25, -0.2) is 9.37 Å². The Morgan fingerprint density at radius 3 is 3.07 bits per heavy atom. The Labute approximate surface area is 160 Å². The Morgan fingerprint density at radius 1 is 1.41 bits per heavy atom. The monoisotopic (exact) mass is 384 g/mol. The second kappa shape index (κ2) is 7.04. The van der Waals surface area contributed by atoms with Gasteiger partial charge < -0.3 is 15.2 Å². The van der Waals surface area contributed by atoms with Gasteiger partial charge in [0.15, 0.2) is 0 Å². The van der Waals surface area contributed by atoms with E-state index in [-0.39, 0.29) is 18.4 Å². The highest BCUT2D eigenvalue weighted by Crippen LogP contribution is 2.33. The minimum atomic E-state index is -0.421. The molecule has 27 heavy (non-hydrogen) atoms. The largest absolute Gasteiger partial charge is 0.351 e. The summed E-state index contributed by atoms with van der Waals surface area (Å²) in [5.41, 5.74) is 3.10. The summed E-state index contributed by atoms with van der Waals surface area (Å²) < 4.78 is 13.4. The molecular formula is C20H18ClFN4O. The van der Waals surface area contributed by atoms with Gasteiger partial charge in [0.25, 0.3) is 0 Å². The number of hydrogen-bond acceptors (Lipinski definition) is 3. The molecule has 138 valence electrons. The number of halogens is 2. The van der Waals surface area contributed by atoms with E-state index in [2.05, 4.69) is 21.9 Å². The molecule has 3 aromatic rings. The number of amides is 1. The van der Waals surface area contributed by atoms with Gasteiger partial charge in [0.1, 0.15) is 11.5 Å². The number of carbonyl (C=O) groups excluding carboxylic acids is 1. The van der Waals surface area contributed by atoms with Crippen LogP contribution in [0.25, 0.3) is 11.0 Å². The topological polar surface area (TPSA) is 61.0 Å². The van der Waals surface area contributed by atoms with Crippen LogP contribution in [0.4, 0.5) is 10.1 Å². The summed E-state index contributed by atoms with van der Waals surface area (Å²) in [5, 5.41) is 4.17. The molecule has 4 rings (SSSR count). The molecule has 1 aromatic carbocycles. The fraction of sp³-hybridized carbons (Fsp3) is 0.200. The summed E-state index contributed by atoms with van der Waals surface area (Å²) >= 11 is 5.85. The Kier molecular flexibility index (Phi) is 4.58. The van der Waals surface area contributed by atoms with Crippen molar-refractivity contribution in [3.05, 3.63) is 71.4 Å². The summed E-state index contributed by atoms with van der Waals surface area (Å²) in [7, 11) is 0. The van der Waals surface area contributed by atoms with Crippen molar-refractivity contribution in [3.8, 4) is 0 Å². The average Bonchev–Trinajstić information content (AvgIpc) is 3.24. The summed E-state index contributed by atoms with van der Waals surface area (Å²) in [4.78, 5) is 22.1. The first kappa shape index (κ1) is 17.5. The van der Waals surface area contributed by atoms with E-state index in [0.29, 0.717) is 23.6 Å². The van der Waals surface area contributed by atoms with Crippen molar-refractivity contribution < 1.29 is 9.18 Å². The van der Waals surface area contributed by atoms with Crippen LogP contribution in [0.15, 0.2) is 55.0 Å². The molecule has 0 aliphatic carbocycles. The second-order valence-corrected chi connectivity index (χ2v) is 7.03. The third-order valence-electron chi connectivity index (χ3n) is 4.79. The number of aromatic amines is 1. The minimum Gasteiger partial charge on any atom is -0.351 e. The molecule has 1 atom stereocenters. The summed E-state index contributed by atoms with van der Waals surface area (Å²) in [6, 6.07) is 8.22. The summed E-state index contributed by atoms with van der Waals surface area (Å²) in [5.74, 6) is -0.870. The quantitative estimate of drug-likeness (QED) is 0.714. The minimum absolute atomic E-state index is 0.126. The Hall–Kier alpha value is -2.86. The molecule has 0 radical (unpaired) electrons. The second-order valence-electron chi connectivity index (χ2n) is 6.59. The number of H-pyrrole nitrogens is 1. The third kappa shape index (κ3) is 3.53. The van der Waals surface area contributed by atoms with E-state index in [1.807, 2.05) is 23.2 Å². The molecular weight excluding hydrogens is 367 g/mol. The lowest BCUT2D eigenvalue weighted by Crippen LogP contribution is -2.31.